The Balaban J connectivity index is 1.98. The molecule has 1 aromatic rings. The van der Waals surface area contributed by atoms with E-state index in [9.17, 15) is 4.79 Å². The van der Waals surface area contributed by atoms with Crippen LogP contribution in [-0.4, -0.2) is 19.1 Å². The van der Waals surface area contributed by atoms with Crippen LogP contribution in [0.2, 0.25) is 0 Å². The number of ether oxygens (including phenoxy) is 1. The third-order valence-corrected chi connectivity index (χ3v) is 3.40. The molecule has 1 saturated carbocycles. The number of methoxy groups -OCH3 is 1. The van der Waals surface area contributed by atoms with Crippen molar-refractivity contribution in [3.63, 3.8) is 0 Å². The van der Waals surface area contributed by atoms with Gasteiger partial charge >= 0.3 is 5.97 Å². The molecule has 0 radical (unpaired) electrons. The second-order valence-corrected chi connectivity index (χ2v) is 5.33. The molecular weight excluding hydrogens is 218 g/mol. The zero-order chi connectivity index (χ0) is 12.6. The zero-order valence-electron chi connectivity index (χ0n) is 10.7. The summed E-state index contributed by atoms with van der Waals surface area (Å²) in [5.74, 6) is 0.592. The van der Waals surface area contributed by atoms with Gasteiger partial charge in [-0.2, -0.15) is 0 Å². The lowest BCUT2D eigenvalue weighted by atomic mass is 10.1. The predicted molar refractivity (Wildman–Crippen MR) is 63.8 cm³/mol. The van der Waals surface area contributed by atoms with Crippen molar-refractivity contribution in [3.8, 4) is 0 Å². The molecule has 1 fully saturated rings. The highest BCUT2D eigenvalue weighted by Crippen LogP contribution is 2.45. The predicted octanol–water partition coefficient (Wildman–Crippen LogP) is 2.52. The normalized spacial score (nSPS) is 23.2. The number of hydrogen-bond donors (Lipinski definition) is 1. The molecule has 2 rings (SSSR count). The maximum absolute atomic E-state index is 11.3. The average molecular weight is 237 g/mol. The first-order valence-electron chi connectivity index (χ1n) is 5.88. The van der Waals surface area contributed by atoms with Gasteiger partial charge in [0.25, 0.3) is 0 Å². The molecule has 1 heterocycles. The molecule has 1 aliphatic rings. The summed E-state index contributed by atoms with van der Waals surface area (Å²) in [4.78, 5) is 11.3. The van der Waals surface area contributed by atoms with Crippen LogP contribution in [0.1, 0.15) is 49.5 Å². The topological polar surface area (TPSA) is 51.5 Å². The Morgan fingerprint density at radius 1 is 1.59 bits per heavy atom. The summed E-state index contributed by atoms with van der Waals surface area (Å²) in [6.45, 7) is 6.51. The Labute approximate surface area is 101 Å². The fraction of sp³-hybridized carbons (Fsp3) is 0.615. The summed E-state index contributed by atoms with van der Waals surface area (Å²) < 4.78 is 10.1. The lowest BCUT2D eigenvalue weighted by Gasteiger charge is -2.12. The molecule has 0 aromatic carbocycles. The summed E-state index contributed by atoms with van der Waals surface area (Å²) in [5, 5.41) is 3.48. The van der Waals surface area contributed by atoms with Crippen LogP contribution in [0.3, 0.4) is 0 Å². The van der Waals surface area contributed by atoms with Gasteiger partial charge in [0.2, 0.25) is 5.76 Å². The Hall–Kier alpha value is -1.29. The van der Waals surface area contributed by atoms with E-state index in [0.717, 1.165) is 5.76 Å². The third-order valence-electron chi connectivity index (χ3n) is 3.40. The van der Waals surface area contributed by atoms with Gasteiger partial charge in [-0.3, -0.25) is 0 Å². The van der Waals surface area contributed by atoms with E-state index in [1.807, 2.05) is 13.0 Å². The molecule has 2 atom stereocenters. The van der Waals surface area contributed by atoms with Crippen molar-refractivity contribution in [2.45, 2.75) is 39.3 Å². The summed E-state index contributed by atoms with van der Waals surface area (Å²) in [6, 6.07) is 4.11. The van der Waals surface area contributed by atoms with Crippen LogP contribution in [0.15, 0.2) is 16.5 Å². The average Bonchev–Trinajstić information content (AvgIpc) is 2.71. The standard InChI is InChI=1S/C13H19NO3/c1-8(14-11-7-13(11,2)3)9-5-6-10(17-9)12(15)16-4/h5-6,8,11,14H,7H2,1-4H3. The van der Waals surface area contributed by atoms with Crippen molar-refractivity contribution in [2.75, 3.05) is 7.11 Å². The first kappa shape index (κ1) is 12.2. The van der Waals surface area contributed by atoms with Gasteiger partial charge in [0, 0.05) is 6.04 Å². The van der Waals surface area contributed by atoms with Crippen LogP contribution in [0.4, 0.5) is 0 Å². The maximum atomic E-state index is 11.3. The molecule has 2 unspecified atom stereocenters. The molecular formula is C13H19NO3. The Morgan fingerprint density at radius 2 is 2.24 bits per heavy atom. The van der Waals surface area contributed by atoms with E-state index >= 15 is 0 Å². The van der Waals surface area contributed by atoms with E-state index in [1.54, 1.807) is 6.07 Å². The summed E-state index contributed by atoms with van der Waals surface area (Å²) in [6.07, 6.45) is 1.18. The van der Waals surface area contributed by atoms with Gasteiger partial charge in [0.1, 0.15) is 5.76 Å². The molecule has 1 aliphatic carbocycles. The van der Waals surface area contributed by atoms with E-state index in [4.69, 9.17) is 4.42 Å². The number of esters is 1. The molecule has 0 saturated heterocycles. The molecule has 94 valence electrons. The minimum atomic E-state index is -0.435. The first-order chi connectivity index (χ1) is 7.94. The molecule has 0 aliphatic heterocycles. The molecule has 4 nitrogen and oxygen atoms in total. The Bertz CT molecular complexity index is 422. The van der Waals surface area contributed by atoms with Crippen molar-refractivity contribution in [3.05, 3.63) is 23.7 Å². The molecule has 1 N–H and O–H groups in total. The fourth-order valence-corrected chi connectivity index (χ4v) is 1.93. The molecule has 1 aromatic heterocycles. The van der Waals surface area contributed by atoms with Crippen molar-refractivity contribution in [1.29, 1.82) is 0 Å². The van der Waals surface area contributed by atoms with Crippen molar-refractivity contribution >= 4 is 5.97 Å². The first-order valence-corrected chi connectivity index (χ1v) is 5.88. The van der Waals surface area contributed by atoms with Gasteiger partial charge in [-0.1, -0.05) is 13.8 Å². The van der Waals surface area contributed by atoms with E-state index < -0.39 is 5.97 Å². The summed E-state index contributed by atoms with van der Waals surface area (Å²) in [5.41, 5.74) is 0.381. The second-order valence-electron chi connectivity index (χ2n) is 5.33. The van der Waals surface area contributed by atoms with Crippen LogP contribution in [0.25, 0.3) is 0 Å². The molecule has 0 amide bonds. The smallest absolute Gasteiger partial charge is 0.373 e. The minimum absolute atomic E-state index is 0.111. The van der Waals surface area contributed by atoms with E-state index in [0.29, 0.717) is 11.5 Å². The monoisotopic (exact) mass is 237 g/mol. The lowest BCUT2D eigenvalue weighted by molar-refractivity contribution is 0.0562. The molecule has 0 bridgehead atoms. The molecule has 4 heteroatoms. The van der Waals surface area contributed by atoms with Crippen LogP contribution >= 0.6 is 0 Å². The number of nitrogens with one attached hydrogen (secondary N) is 1. The number of furan rings is 1. The maximum Gasteiger partial charge on any atom is 0.373 e. The number of carbonyl (C=O) groups is 1. The van der Waals surface area contributed by atoms with Gasteiger partial charge in [-0.15, -0.1) is 0 Å². The Morgan fingerprint density at radius 3 is 2.76 bits per heavy atom. The number of hydrogen-bond acceptors (Lipinski definition) is 4. The van der Waals surface area contributed by atoms with Crippen LogP contribution in [-0.2, 0) is 4.74 Å². The number of rotatable bonds is 4. The van der Waals surface area contributed by atoms with Crippen LogP contribution in [0, 0.1) is 5.41 Å². The largest absolute Gasteiger partial charge is 0.463 e. The van der Waals surface area contributed by atoms with Crippen molar-refractivity contribution < 1.29 is 13.9 Å². The second kappa shape index (κ2) is 4.18. The van der Waals surface area contributed by atoms with E-state index in [-0.39, 0.29) is 11.8 Å². The highest BCUT2D eigenvalue weighted by Gasteiger charge is 2.46. The highest BCUT2D eigenvalue weighted by molar-refractivity contribution is 5.86. The van der Waals surface area contributed by atoms with Gasteiger partial charge < -0.3 is 14.5 Å². The summed E-state index contributed by atoms with van der Waals surface area (Å²) >= 11 is 0. The Kier molecular flexibility index (Phi) is 3.00. The fourth-order valence-electron chi connectivity index (χ4n) is 1.93. The third kappa shape index (κ3) is 2.52. The molecule has 0 spiro atoms. The SMILES string of the molecule is COC(=O)c1ccc(C(C)NC2CC2(C)C)o1. The van der Waals surface area contributed by atoms with E-state index in [1.165, 1.54) is 13.5 Å². The van der Waals surface area contributed by atoms with Crippen molar-refractivity contribution in [1.82, 2.24) is 5.32 Å². The number of carbonyl (C=O) groups excluding carboxylic acids is 1. The molecule has 17 heavy (non-hydrogen) atoms. The lowest BCUT2D eigenvalue weighted by Crippen LogP contribution is -2.23. The van der Waals surface area contributed by atoms with Crippen LogP contribution in [0.5, 0.6) is 0 Å². The summed E-state index contributed by atoms with van der Waals surface area (Å²) in [7, 11) is 1.35. The quantitative estimate of drug-likeness (QED) is 0.817. The van der Waals surface area contributed by atoms with Crippen LogP contribution < -0.4 is 5.32 Å². The van der Waals surface area contributed by atoms with Crippen molar-refractivity contribution in [2.24, 2.45) is 5.41 Å². The minimum Gasteiger partial charge on any atom is -0.463 e. The highest BCUT2D eigenvalue weighted by atomic mass is 16.5. The van der Waals surface area contributed by atoms with Gasteiger partial charge in [-0.05, 0) is 30.9 Å². The van der Waals surface area contributed by atoms with Gasteiger partial charge in [0.15, 0.2) is 0 Å². The van der Waals surface area contributed by atoms with Gasteiger partial charge in [-0.25, -0.2) is 4.79 Å². The van der Waals surface area contributed by atoms with Gasteiger partial charge in [0.05, 0.1) is 13.2 Å². The zero-order valence-corrected chi connectivity index (χ0v) is 10.7. The van der Waals surface area contributed by atoms with E-state index in [2.05, 4.69) is 23.9 Å².